The highest BCUT2D eigenvalue weighted by molar-refractivity contribution is 7.99. The van der Waals surface area contributed by atoms with E-state index in [4.69, 9.17) is 4.74 Å². The second-order valence-corrected chi connectivity index (χ2v) is 6.74. The first-order chi connectivity index (χ1) is 8.34. The van der Waals surface area contributed by atoms with Crippen LogP contribution in [0.4, 0.5) is 0 Å². The van der Waals surface area contributed by atoms with Gasteiger partial charge in [-0.05, 0) is 68.8 Å². The van der Waals surface area contributed by atoms with Crippen molar-refractivity contribution < 1.29 is 9.84 Å². The maximum absolute atomic E-state index is 10.0. The molecular formula is C14H26O2S. The van der Waals surface area contributed by atoms with Gasteiger partial charge in [0.25, 0.3) is 0 Å². The van der Waals surface area contributed by atoms with Crippen LogP contribution >= 0.6 is 11.8 Å². The van der Waals surface area contributed by atoms with E-state index in [1.807, 2.05) is 0 Å². The lowest BCUT2D eigenvalue weighted by Gasteiger charge is -2.23. The summed E-state index contributed by atoms with van der Waals surface area (Å²) in [5, 5.41) is 10.0. The van der Waals surface area contributed by atoms with E-state index in [0.29, 0.717) is 6.10 Å². The first-order valence-corrected chi connectivity index (χ1v) is 8.37. The number of aliphatic hydroxyl groups is 1. The number of hydrogen-bond acceptors (Lipinski definition) is 3. The van der Waals surface area contributed by atoms with Crippen LogP contribution in [0.1, 0.15) is 51.4 Å². The van der Waals surface area contributed by atoms with Crippen LogP contribution in [0.15, 0.2) is 0 Å². The van der Waals surface area contributed by atoms with Gasteiger partial charge in [0.15, 0.2) is 0 Å². The van der Waals surface area contributed by atoms with Gasteiger partial charge in [0.05, 0.1) is 12.2 Å². The SMILES string of the molecule is OC(CCCC1CCCO1)CC1CCSCC1. The Balaban J connectivity index is 1.52. The van der Waals surface area contributed by atoms with Gasteiger partial charge in [-0.25, -0.2) is 0 Å². The van der Waals surface area contributed by atoms with Crippen LogP contribution in [-0.4, -0.2) is 35.4 Å². The Morgan fingerprint density at radius 3 is 2.76 bits per heavy atom. The lowest BCUT2D eigenvalue weighted by atomic mass is 9.93. The van der Waals surface area contributed by atoms with E-state index in [1.54, 1.807) is 0 Å². The molecule has 0 amide bonds. The smallest absolute Gasteiger partial charge is 0.0576 e. The minimum Gasteiger partial charge on any atom is -0.393 e. The molecule has 2 nitrogen and oxygen atoms in total. The van der Waals surface area contributed by atoms with E-state index in [-0.39, 0.29) is 6.10 Å². The summed E-state index contributed by atoms with van der Waals surface area (Å²) in [5.41, 5.74) is 0. The molecule has 0 aromatic heterocycles. The minimum absolute atomic E-state index is 0.0653. The Morgan fingerprint density at radius 1 is 1.24 bits per heavy atom. The monoisotopic (exact) mass is 258 g/mol. The van der Waals surface area contributed by atoms with E-state index < -0.39 is 0 Å². The number of thioether (sulfide) groups is 1. The molecule has 2 heterocycles. The Bertz CT molecular complexity index is 198. The van der Waals surface area contributed by atoms with Gasteiger partial charge in [0, 0.05) is 6.61 Å². The molecule has 0 saturated carbocycles. The van der Waals surface area contributed by atoms with E-state index in [2.05, 4.69) is 11.8 Å². The van der Waals surface area contributed by atoms with Crippen LogP contribution < -0.4 is 0 Å². The topological polar surface area (TPSA) is 29.5 Å². The Labute approximate surface area is 110 Å². The molecule has 0 aliphatic carbocycles. The van der Waals surface area contributed by atoms with Crippen molar-refractivity contribution in [1.29, 1.82) is 0 Å². The average Bonchev–Trinajstić information content (AvgIpc) is 2.83. The summed E-state index contributed by atoms with van der Waals surface area (Å²) in [6, 6.07) is 0. The van der Waals surface area contributed by atoms with Crippen LogP contribution in [0.25, 0.3) is 0 Å². The standard InChI is InChI=1S/C14H26O2S/c15-13(11-12-6-9-17-10-7-12)3-1-4-14-5-2-8-16-14/h12-15H,1-11H2. The molecule has 100 valence electrons. The molecule has 2 aliphatic rings. The van der Waals surface area contributed by atoms with Gasteiger partial charge >= 0.3 is 0 Å². The molecule has 2 saturated heterocycles. The second-order valence-electron chi connectivity index (χ2n) is 5.51. The van der Waals surface area contributed by atoms with Crippen LogP contribution in [0.2, 0.25) is 0 Å². The van der Waals surface area contributed by atoms with Crippen molar-refractivity contribution in [2.45, 2.75) is 63.6 Å². The highest BCUT2D eigenvalue weighted by Gasteiger charge is 2.19. The van der Waals surface area contributed by atoms with Gasteiger partial charge in [-0.15, -0.1) is 0 Å². The van der Waals surface area contributed by atoms with Crippen molar-refractivity contribution in [3.05, 3.63) is 0 Å². The lowest BCUT2D eigenvalue weighted by molar-refractivity contribution is 0.0893. The molecule has 2 unspecified atom stereocenters. The minimum atomic E-state index is -0.0653. The summed E-state index contributed by atoms with van der Waals surface area (Å²) < 4.78 is 5.60. The predicted octanol–water partition coefficient (Wildman–Crippen LogP) is 3.23. The number of ether oxygens (including phenoxy) is 1. The average molecular weight is 258 g/mol. The summed E-state index contributed by atoms with van der Waals surface area (Å²) in [7, 11) is 0. The zero-order valence-corrected chi connectivity index (χ0v) is 11.6. The van der Waals surface area contributed by atoms with Gasteiger partial charge in [-0.2, -0.15) is 11.8 Å². The first kappa shape index (κ1) is 13.7. The number of rotatable bonds is 6. The maximum Gasteiger partial charge on any atom is 0.0576 e. The Morgan fingerprint density at radius 2 is 2.06 bits per heavy atom. The summed E-state index contributed by atoms with van der Waals surface area (Å²) in [6.45, 7) is 0.951. The van der Waals surface area contributed by atoms with Crippen molar-refractivity contribution >= 4 is 11.8 Å². The van der Waals surface area contributed by atoms with Crippen LogP contribution in [0.5, 0.6) is 0 Å². The molecule has 2 fully saturated rings. The second kappa shape index (κ2) is 7.65. The quantitative estimate of drug-likeness (QED) is 0.793. The fourth-order valence-corrected chi connectivity index (χ4v) is 4.14. The predicted molar refractivity (Wildman–Crippen MR) is 73.5 cm³/mol. The summed E-state index contributed by atoms with van der Waals surface area (Å²) in [5.74, 6) is 3.38. The molecule has 0 bridgehead atoms. The third-order valence-electron chi connectivity index (χ3n) is 4.03. The zero-order valence-electron chi connectivity index (χ0n) is 10.8. The Hall–Kier alpha value is 0.270. The summed E-state index contributed by atoms with van der Waals surface area (Å²) in [4.78, 5) is 0. The molecule has 0 aromatic carbocycles. The fraction of sp³-hybridized carbons (Fsp3) is 1.00. The molecule has 17 heavy (non-hydrogen) atoms. The van der Waals surface area contributed by atoms with E-state index >= 15 is 0 Å². The van der Waals surface area contributed by atoms with Gasteiger partial charge in [0.2, 0.25) is 0 Å². The molecule has 1 N–H and O–H groups in total. The van der Waals surface area contributed by atoms with Gasteiger partial charge in [-0.1, -0.05) is 0 Å². The van der Waals surface area contributed by atoms with E-state index in [9.17, 15) is 5.11 Å². The van der Waals surface area contributed by atoms with Crippen molar-refractivity contribution in [2.75, 3.05) is 18.1 Å². The maximum atomic E-state index is 10.0. The molecule has 2 atom stereocenters. The molecular weight excluding hydrogens is 232 g/mol. The fourth-order valence-electron chi connectivity index (χ4n) is 2.94. The van der Waals surface area contributed by atoms with Crippen LogP contribution in [-0.2, 0) is 4.74 Å². The number of hydrogen-bond donors (Lipinski definition) is 1. The first-order valence-electron chi connectivity index (χ1n) is 7.22. The van der Waals surface area contributed by atoms with Crippen molar-refractivity contribution in [3.8, 4) is 0 Å². The molecule has 2 aliphatic heterocycles. The highest BCUT2D eigenvalue weighted by Crippen LogP contribution is 2.27. The molecule has 3 heteroatoms. The normalized spacial score (nSPS) is 28.4. The van der Waals surface area contributed by atoms with E-state index in [0.717, 1.165) is 38.2 Å². The largest absolute Gasteiger partial charge is 0.393 e. The van der Waals surface area contributed by atoms with Gasteiger partial charge < -0.3 is 9.84 Å². The van der Waals surface area contributed by atoms with Gasteiger partial charge in [-0.3, -0.25) is 0 Å². The lowest BCUT2D eigenvalue weighted by Crippen LogP contribution is -2.18. The molecule has 0 radical (unpaired) electrons. The Kier molecular flexibility index (Phi) is 6.16. The van der Waals surface area contributed by atoms with Crippen molar-refractivity contribution in [3.63, 3.8) is 0 Å². The van der Waals surface area contributed by atoms with Crippen LogP contribution in [0.3, 0.4) is 0 Å². The van der Waals surface area contributed by atoms with Crippen molar-refractivity contribution in [2.24, 2.45) is 5.92 Å². The zero-order chi connectivity index (χ0) is 11.9. The third-order valence-corrected chi connectivity index (χ3v) is 5.08. The highest BCUT2D eigenvalue weighted by atomic mass is 32.2. The molecule has 0 aromatic rings. The molecule has 2 rings (SSSR count). The van der Waals surface area contributed by atoms with Crippen molar-refractivity contribution in [1.82, 2.24) is 0 Å². The summed E-state index contributed by atoms with van der Waals surface area (Å²) in [6.07, 6.45) is 9.81. The third kappa shape index (κ3) is 5.19. The number of aliphatic hydroxyl groups excluding tert-OH is 1. The summed E-state index contributed by atoms with van der Waals surface area (Å²) >= 11 is 2.06. The van der Waals surface area contributed by atoms with E-state index in [1.165, 1.54) is 37.2 Å². The van der Waals surface area contributed by atoms with Gasteiger partial charge in [0.1, 0.15) is 0 Å². The molecule has 0 spiro atoms. The van der Waals surface area contributed by atoms with Crippen LogP contribution in [0, 0.1) is 5.92 Å².